The van der Waals surface area contributed by atoms with E-state index in [9.17, 15) is 14.7 Å². The molecule has 3 unspecified atom stereocenters. The highest BCUT2D eigenvalue weighted by Gasteiger charge is 2.44. The Labute approximate surface area is 259 Å². The standard InChI is InChI=1S/C34H33BrClNO5/c1-2-30(42-33(40)21-5-9-25(35)10-6-21)27-12-7-24(27)18-37-19-34(15-3-4-22-16-26(36)11-13-28(22)34)20-41-31-14-8-23(32(38)39)17-29(31)37/h2,5-6,8-11,13-14,16-17,24,27,30H,1,3-4,7,12,15,18-20H2,(H,38,39)/t24?,27?,30-,34?/m0/s1. The molecule has 0 amide bonds. The predicted molar refractivity (Wildman–Crippen MR) is 167 cm³/mol. The van der Waals surface area contributed by atoms with Gasteiger partial charge in [0.2, 0.25) is 0 Å². The summed E-state index contributed by atoms with van der Waals surface area (Å²) in [5, 5.41) is 10.5. The van der Waals surface area contributed by atoms with Crippen LogP contribution in [0.2, 0.25) is 5.02 Å². The van der Waals surface area contributed by atoms with E-state index < -0.39 is 12.1 Å². The molecule has 1 N–H and O–H groups in total. The largest absolute Gasteiger partial charge is 0.490 e. The van der Waals surface area contributed by atoms with Gasteiger partial charge in [-0.2, -0.15) is 0 Å². The number of benzene rings is 3. The summed E-state index contributed by atoms with van der Waals surface area (Å²) in [6, 6.07) is 18.4. The molecule has 0 aromatic heterocycles. The van der Waals surface area contributed by atoms with Gasteiger partial charge in [-0.1, -0.05) is 46.3 Å². The Morgan fingerprint density at radius 1 is 1.14 bits per heavy atom. The molecule has 1 saturated carbocycles. The summed E-state index contributed by atoms with van der Waals surface area (Å²) < 4.78 is 13.3. The molecule has 3 aliphatic rings. The van der Waals surface area contributed by atoms with Crippen molar-refractivity contribution in [2.75, 3.05) is 24.6 Å². The second kappa shape index (κ2) is 11.8. The number of hydrogen-bond acceptors (Lipinski definition) is 5. The van der Waals surface area contributed by atoms with Crippen LogP contribution in [0.25, 0.3) is 0 Å². The normalized spacial score (nSPS) is 23.4. The van der Waals surface area contributed by atoms with Gasteiger partial charge in [0, 0.05) is 33.9 Å². The molecule has 1 spiro atoms. The Bertz CT molecular complexity index is 1520. The number of nitrogens with zero attached hydrogens (tertiary/aromatic N) is 1. The molecule has 3 aromatic rings. The van der Waals surface area contributed by atoms with E-state index in [1.54, 1.807) is 36.4 Å². The van der Waals surface area contributed by atoms with Gasteiger partial charge in [0.05, 0.1) is 23.4 Å². The number of hydrogen-bond donors (Lipinski definition) is 1. The van der Waals surface area contributed by atoms with Gasteiger partial charge in [0.25, 0.3) is 0 Å². The number of esters is 1. The Kier molecular flexibility index (Phi) is 8.07. The lowest BCUT2D eigenvalue weighted by atomic mass is 9.68. The summed E-state index contributed by atoms with van der Waals surface area (Å²) in [5.41, 5.74) is 3.77. The SMILES string of the molecule is C=C[C@H](OC(=O)c1ccc(Br)cc1)C1CCC1CN1CC2(CCCc3cc(Cl)ccc32)COc2ccc(C(=O)O)cc21. The molecule has 218 valence electrons. The molecular weight excluding hydrogens is 618 g/mol. The van der Waals surface area contributed by atoms with Crippen LogP contribution < -0.4 is 9.64 Å². The third kappa shape index (κ3) is 5.57. The van der Waals surface area contributed by atoms with Crippen LogP contribution in [0.15, 0.2) is 77.8 Å². The number of carbonyl (C=O) groups is 2. The highest BCUT2D eigenvalue weighted by molar-refractivity contribution is 9.10. The Morgan fingerprint density at radius 2 is 1.93 bits per heavy atom. The first-order valence-corrected chi connectivity index (χ1v) is 15.6. The average Bonchev–Trinajstić information content (AvgIpc) is 3.12. The summed E-state index contributed by atoms with van der Waals surface area (Å²) in [4.78, 5) is 27.2. The van der Waals surface area contributed by atoms with Crippen molar-refractivity contribution in [3.63, 3.8) is 0 Å². The van der Waals surface area contributed by atoms with Gasteiger partial charge in [0.1, 0.15) is 11.9 Å². The fourth-order valence-corrected chi connectivity index (χ4v) is 7.33. The van der Waals surface area contributed by atoms with Crippen molar-refractivity contribution in [3.8, 4) is 5.75 Å². The number of fused-ring (bicyclic) bond motifs is 3. The van der Waals surface area contributed by atoms with Crippen LogP contribution in [0, 0.1) is 11.8 Å². The lowest BCUT2D eigenvalue weighted by Crippen LogP contribution is -2.49. The minimum Gasteiger partial charge on any atom is -0.490 e. The number of carboxylic acid groups (broad SMARTS) is 1. The smallest absolute Gasteiger partial charge is 0.338 e. The first-order valence-electron chi connectivity index (χ1n) is 14.4. The van der Waals surface area contributed by atoms with Crippen molar-refractivity contribution < 1.29 is 24.2 Å². The van der Waals surface area contributed by atoms with Crippen molar-refractivity contribution in [2.45, 2.75) is 43.6 Å². The third-order valence-electron chi connectivity index (χ3n) is 9.19. The summed E-state index contributed by atoms with van der Waals surface area (Å²) in [6.45, 7) is 5.88. The fourth-order valence-electron chi connectivity index (χ4n) is 6.87. The number of aryl methyl sites for hydroxylation is 1. The van der Waals surface area contributed by atoms with Gasteiger partial charge < -0.3 is 19.5 Å². The zero-order valence-corrected chi connectivity index (χ0v) is 25.6. The van der Waals surface area contributed by atoms with Gasteiger partial charge >= 0.3 is 11.9 Å². The van der Waals surface area contributed by atoms with Gasteiger partial charge in [-0.3, -0.25) is 0 Å². The van der Waals surface area contributed by atoms with Crippen molar-refractivity contribution >= 4 is 45.2 Å². The van der Waals surface area contributed by atoms with Gasteiger partial charge in [0.15, 0.2) is 0 Å². The minimum absolute atomic E-state index is 0.116. The van der Waals surface area contributed by atoms with Crippen LogP contribution in [0.4, 0.5) is 5.69 Å². The van der Waals surface area contributed by atoms with E-state index in [1.165, 1.54) is 11.1 Å². The monoisotopic (exact) mass is 649 g/mol. The number of carbonyl (C=O) groups excluding carboxylic acids is 1. The lowest BCUT2D eigenvalue weighted by molar-refractivity contribution is -0.00184. The first kappa shape index (κ1) is 28.8. The fraction of sp³-hybridized carbons (Fsp3) is 0.353. The minimum atomic E-state index is -0.970. The maximum absolute atomic E-state index is 12.9. The number of anilines is 1. The molecule has 42 heavy (non-hydrogen) atoms. The van der Waals surface area contributed by atoms with Crippen molar-refractivity contribution in [1.29, 1.82) is 0 Å². The first-order chi connectivity index (χ1) is 20.3. The maximum Gasteiger partial charge on any atom is 0.338 e. The maximum atomic E-state index is 12.9. The van der Waals surface area contributed by atoms with E-state index in [4.69, 9.17) is 21.1 Å². The van der Waals surface area contributed by atoms with E-state index >= 15 is 0 Å². The van der Waals surface area contributed by atoms with E-state index in [1.807, 2.05) is 18.2 Å². The van der Waals surface area contributed by atoms with Crippen LogP contribution in [0.5, 0.6) is 5.75 Å². The van der Waals surface area contributed by atoms with E-state index in [2.05, 4.69) is 39.5 Å². The molecule has 4 atom stereocenters. The summed E-state index contributed by atoms with van der Waals surface area (Å²) in [5.74, 6) is -0.298. The van der Waals surface area contributed by atoms with Crippen molar-refractivity contribution in [2.24, 2.45) is 11.8 Å². The van der Waals surface area contributed by atoms with Gasteiger partial charge in [-0.15, -0.1) is 0 Å². The number of carboxylic acids is 1. The second-order valence-electron chi connectivity index (χ2n) is 11.7. The number of rotatable bonds is 7. The lowest BCUT2D eigenvalue weighted by Gasteiger charge is -2.45. The molecule has 0 bridgehead atoms. The van der Waals surface area contributed by atoms with Crippen molar-refractivity contribution in [3.05, 3.63) is 105 Å². The Morgan fingerprint density at radius 3 is 2.64 bits per heavy atom. The molecule has 0 radical (unpaired) electrons. The van der Waals surface area contributed by atoms with Crippen molar-refractivity contribution in [1.82, 2.24) is 0 Å². The average molecular weight is 651 g/mol. The molecule has 2 aliphatic carbocycles. The van der Waals surface area contributed by atoms with Crippen LogP contribution >= 0.6 is 27.5 Å². The second-order valence-corrected chi connectivity index (χ2v) is 13.1. The highest BCUT2D eigenvalue weighted by atomic mass is 79.9. The molecule has 8 heteroatoms. The van der Waals surface area contributed by atoms with E-state index in [0.29, 0.717) is 31.0 Å². The summed E-state index contributed by atoms with van der Waals surface area (Å²) in [7, 11) is 0. The van der Waals surface area contributed by atoms with Gasteiger partial charge in [-0.05, 0) is 104 Å². The molecule has 6 rings (SSSR count). The molecule has 1 aliphatic heterocycles. The Balaban J connectivity index is 1.29. The van der Waals surface area contributed by atoms with Gasteiger partial charge in [-0.25, -0.2) is 9.59 Å². The highest BCUT2D eigenvalue weighted by Crippen LogP contribution is 2.47. The zero-order valence-electron chi connectivity index (χ0n) is 23.2. The van der Waals surface area contributed by atoms with Crippen LogP contribution in [0.1, 0.15) is 57.5 Å². The predicted octanol–water partition coefficient (Wildman–Crippen LogP) is 7.71. The molecule has 0 saturated heterocycles. The molecule has 6 nitrogen and oxygen atoms in total. The summed E-state index contributed by atoms with van der Waals surface area (Å²) >= 11 is 9.78. The van der Waals surface area contributed by atoms with E-state index in [0.717, 1.165) is 47.3 Å². The number of halogens is 2. The van der Waals surface area contributed by atoms with Crippen LogP contribution in [-0.2, 0) is 16.6 Å². The molecular formula is C34H33BrClNO5. The van der Waals surface area contributed by atoms with E-state index in [-0.39, 0.29) is 28.8 Å². The number of aromatic carboxylic acids is 1. The zero-order chi connectivity index (χ0) is 29.4. The molecule has 1 fully saturated rings. The molecule has 3 aromatic carbocycles. The Hall–Kier alpha value is -3.29. The van der Waals surface area contributed by atoms with Crippen LogP contribution in [0.3, 0.4) is 0 Å². The molecule has 1 heterocycles. The quantitative estimate of drug-likeness (QED) is 0.209. The third-order valence-corrected chi connectivity index (χ3v) is 9.96. The summed E-state index contributed by atoms with van der Waals surface area (Å²) in [6.07, 6.45) is 6.19. The topological polar surface area (TPSA) is 76.1 Å². The van der Waals surface area contributed by atoms with Crippen LogP contribution in [-0.4, -0.2) is 42.8 Å². The number of ether oxygens (including phenoxy) is 2.